The Morgan fingerprint density at radius 2 is 1.62 bits per heavy atom. The van der Waals surface area contributed by atoms with Gasteiger partial charge in [-0.15, -0.1) is 0 Å². The molecule has 4 rings (SSSR count). The van der Waals surface area contributed by atoms with Crippen molar-refractivity contribution in [3.05, 3.63) is 88.2 Å². The zero-order chi connectivity index (χ0) is 23.0. The Bertz CT molecular complexity index is 1260. The van der Waals surface area contributed by atoms with Crippen molar-refractivity contribution in [3.63, 3.8) is 0 Å². The molecular weight excluding hydrogens is 491 g/mol. The number of hydrogen-bond acceptors (Lipinski definition) is 3. The van der Waals surface area contributed by atoms with Crippen LogP contribution in [-0.4, -0.2) is 22.4 Å². The smallest absolute Gasteiger partial charge is 0.317 e. The first-order valence-electron chi connectivity index (χ1n) is 9.17. The van der Waals surface area contributed by atoms with Gasteiger partial charge in [0.1, 0.15) is 5.57 Å². The van der Waals surface area contributed by atoms with Gasteiger partial charge in [-0.3, -0.25) is 14.9 Å². The van der Waals surface area contributed by atoms with Crippen molar-refractivity contribution in [2.75, 3.05) is 4.90 Å². The molecule has 10 heteroatoms. The molecule has 1 fully saturated rings. The van der Waals surface area contributed by atoms with E-state index in [1.165, 1.54) is 47.2 Å². The van der Waals surface area contributed by atoms with Gasteiger partial charge in [0, 0.05) is 22.1 Å². The predicted octanol–water partition coefficient (Wildman–Crippen LogP) is 4.93. The number of nitrogens with zero attached hydrogens (tertiary/aromatic N) is 2. The van der Waals surface area contributed by atoms with Gasteiger partial charge in [0.2, 0.25) is 0 Å². The van der Waals surface area contributed by atoms with Crippen LogP contribution in [0.5, 0.6) is 0 Å². The summed E-state index contributed by atoms with van der Waals surface area (Å²) in [7, 11) is 0. The topological polar surface area (TPSA) is 71.4 Å². The zero-order valence-corrected chi connectivity index (χ0v) is 17.6. The number of anilines is 1. The van der Waals surface area contributed by atoms with E-state index in [0.29, 0.717) is 0 Å². The van der Waals surface area contributed by atoms with Crippen molar-refractivity contribution in [1.82, 2.24) is 9.88 Å². The van der Waals surface area contributed by atoms with E-state index in [2.05, 4.69) is 21.2 Å². The third-order valence-electron chi connectivity index (χ3n) is 4.71. The van der Waals surface area contributed by atoms with Gasteiger partial charge >= 0.3 is 12.2 Å². The van der Waals surface area contributed by atoms with Crippen LogP contribution in [0.1, 0.15) is 11.3 Å². The minimum Gasteiger partial charge on any atom is -0.317 e. The van der Waals surface area contributed by atoms with Crippen LogP contribution in [0.3, 0.4) is 0 Å². The molecule has 1 aromatic heterocycles. The lowest BCUT2D eigenvalue weighted by Gasteiger charge is -2.26. The predicted molar refractivity (Wildman–Crippen MR) is 114 cm³/mol. The molecule has 2 aromatic carbocycles. The first kappa shape index (κ1) is 21.6. The molecule has 1 aliphatic heterocycles. The number of carbonyl (C=O) groups excluding carboxylic acids is 3. The van der Waals surface area contributed by atoms with Crippen molar-refractivity contribution in [2.24, 2.45) is 0 Å². The lowest BCUT2D eigenvalue weighted by Crippen LogP contribution is -2.54. The minimum atomic E-state index is -4.52. The number of alkyl halides is 3. The number of benzene rings is 2. The van der Waals surface area contributed by atoms with E-state index in [1.807, 2.05) is 0 Å². The third kappa shape index (κ3) is 4.09. The van der Waals surface area contributed by atoms with Crippen LogP contribution < -0.4 is 10.2 Å². The van der Waals surface area contributed by atoms with E-state index in [1.54, 1.807) is 18.2 Å². The fourth-order valence-corrected chi connectivity index (χ4v) is 3.47. The van der Waals surface area contributed by atoms with E-state index in [9.17, 15) is 27.6 Å². The lowest BCUT2D eigenvalue weighted by molar-refractivity contribution is -0.137. The quantitative estimate of drug-likeness (QED) is 0.407. The Hall–Kier alpha value is -3.66. The summed E-state index contributed by atoms with van der Waals surface area (Å²) in [5.74, 6) is -1.75. The fourth-order valence-electron chi connectivity index (χ4n) is 3.21. The molecule has 1 saturated heterocycles. The minimum absolute atomic E-state index is 0.196. The number of barbiturate groups is 1. The molecule has 1 N–H and O–H groups in total. The number of nitrogens with one attached hydrogen (secondary N) is 1. The normalized spacial score (nSPS) is 15.9. The van der Waals surface area contributed by atoms with Crippen LogP contribution in [0.2, 0.25) is 0 Å². The van der Waals surface area contributed by atoms with Gasteiger partial charge in [0.25, 0.3) is 11.8 Å². The highest BCUT2D eigenvalue weighted by atomic mass is 79.9. The highest BCUT2D eigenvalue weighted by molar-refractivity contribution is 9.10. The molecule has 3 aromatic rings. The van der Waals surface area contributed by atoms with Crippen molar-refractivity contribution in [1.29, 1.82) is 0 Å². The molecule has 1 aliphatic rings. The van der Waals surface area contributed by atoms with Crippen LogP contribution in [0.25, 0.3) is 11.8 Å². The number of halogens is 4. The first-order chi connectivity index (χ1) is 15.1. The maximum Gasteiger partial charge on any atom is 0.416 e. The standard InChI is InChI=1S/C22H13BrF3N3O3/c23-14-6-8-15(9-7-14)29-20(31)18(19(30)27-21(29)32)12-17-5-2-10-28(17)16-4-1-3-13(11-16)22(24,25)26/h1-12H,(H,27,30,32)/b18-12+. The Morgan fingerprint density at radius 1 is 0.906 bits per heavy atom. The molecule has 0 spiro atoms. The van der Waals surface area contributed by atoms with Gasteiger partial charge < -0.3 is 4.57 Å². The summed E-state index contributed by atoms with van der Waals surface area (Å²) >= 11 is 3.27. The van der Waals surface area contributed by atoms with E-state index in [0.717, 1.165) is 21.5 Å². The molecule has 0 unspecified atom stereocenters. The molecule has 0 radical (unpaired) electrons. The molecule has 0 bridgehead atoms. The number of aromatic nitrogens is 1. The Balaban J connectivity index is 1.74. The Kier molecular flexibility index (Phi) is 5.47. The second-order valence-electron chi connectivity index (χ2n) is 6.79. The summed E-state index contributed by atoms with van der Waals surface area (Å²) in [4.78, 5) is 38.5. The molecule has 0 saturated carbocycles. The van der Waals surface area contributed by atoms with Crippen molar-refractivity contribution in [2.45, 2.75) is 6.18 Å². The summed E-state index contributed by atoms with van der Waals surface area (Å²) in [6.07, 6.45) is -1.78. The first-order valence-corrected chi connectivity index (χ1v) is 9.96. The van der Waals surface area contributed by atoms with Gasteiger partial charge in [-0.25, -0.2) is 9.69 Å². The van der Waals surface area contributed by atoms with Crippen LogP contribution in [0, 0.1) is 0 Å². The fraction of sp³-hybridized carbons (Fsp3) is 0.0455. The van der Waals surface area contributed by atoms with Gasteiger partial charge in [0.05, 0.1) is 11.3 Å². The number of rotatable bonds is 3. The third-order valence-corrected chi connectivity index (χ3v) is 5.24. The largest absolute Gasteiger partial charge is 0.416 e. The summed E-state index contributed by atoms with van der Waals surface area (Å²) in [6, 6.07) is 13.2. The maximum absolute atomic E-state index is 13.1. The van der Waals surface area contributed by atoms with E-state index in [4.69, 9.17) is 0 Å². The number of imide groups is 2. The van der Waals surface area contributed by atoms with Gasteiger partial charge in [-0.2, -0.15) is 13.2 Å². The van der Waals surface area contributed by atoms with Crippen molar-refractivity contribution >= 4 is 45.5 Å². The van der Waals surface area contributed by atoms with Crippen LogP contribution in [-0.2, 0) is 15.8 Å². The highest BCUT2D eigenvalue weighted by Crippen LogP contribution is 2.31. The molecule has 0 aliphatic carbocycles. The van der Waals surface area contributed by atoms with Crippen molar-refractivity contribution in [3.8, 4) is 5.69 Å². The maximum atomic E-state index is 13.1. The summed E-state index contributed by atoms with van der Waals surface area (Å²) in [5.41, 5.74) is -0.434. The lowest BCUT2D eigenvalue weighted by atomic mass is 10.1. The zero-order valence-electron chi connectivity index (χ0n) is 16.1. The second-order valence-corrected chi connectivity index (χ2v) is 7.70. The highest BCUT2D eigenvalue weighted by Gasteiger charge is 2.37. The van der Waals surface area contributed by atoms with Crippen molar-refractivity contribution < 1.29 is 27.6 Å². The Morgan fingerprint density at radius 3 is 2.31 bits per heavy atom. The molecule has 4 amide bonds. The molecule has 32 heavy (non-hydrogen) atoms. The Labute approximate surface area is 188 Å². The molecule has 6 nitrogen and oxygen atoms in total. The molecule has 0 atom stereocenters. The number of hydrogen-bond donors (Lipinski definition) is 1. The average Bonchev–Trinajstić information content (AvgIpc) is 3.20. The van der Waals surface area contributed by atoms with Gasteiger partial charge in [-0.1, -0.05) is 22.0 Å². The monoisotopic (exact) mass is 503 g/mol. The number of amides is 4. The SMILES string of the molecule is O=C1NC(=O)N(c2ccc(Br)cc2)C(=O)/C1=C/c1cccn1-c1cccc(C(F)(F)F)c1. The van der Waals surface area contributed by atoms with E-state index < -0.39 is 29.6 Å². The summed E-state index contributed by atoms with van der Waals surface area (Å²) in [6.45, 7) is 0. The van der Waals surface area contributed by atoms with Crippen LogP contribution in [0.4, 0.5) is 23.7 Å². The van der Waals surface area contributed by atoms with E-state index >= 15 is 0 Å². The van der Waals surface area contributed by atoms with E-state index in [-0.39, 0.29) is 22.6 Å². The van der Waals surface area contributed by atoms with Gasteiger partial charge in [-0.05, 0) is 60.7 Å². The van der Waals surface area contributed by atoms with Crippen LogP contribution >= 0.6 is 15.9 Å². The molecule has 162 valence electrons. The average molecular weight is 504 g/mol. The second kappa shape index (κ2) is 8.12. The van der Waals surface area contributed by atoms with Crippen LogP contribution in [0.15, 0.2) is 76.9 Å². The summed E-state index contributed by atoms with van der Waals surface area (Å²) < 4.78 is 41.4. The molecule has 2 heterocycles. The summed E-state index contributed by atoms with van der Waals surface area (Å²) in [5, 5.41) is 2.11. The van der Waals surface area contributed by atoms with Gasteiger partial charge in [0.15, 0.2) is 0 Å². The number of urea groups is 1. The molecular formula is C22H13BrF3N3O3. The number of carbonyl (C=O) groups is 3.